The molecule has 0 saturated carbocycles. The van der Waals surface area contributed by atoms with Crippen LogP contribution >= 0.6 is 0 Å². The minimum atomic E-state index is -0.682. The molecule has 2 aromatic carbocycles. The first kappa shape index (κ1) is 25.1. The van der Waals surface area contributed by atoms with Crippen LogP contribution in [0, 0.1) is 6.92 Å². The van der Waals surface area contributed by atoms with E-state index in [-0.39, 0.29) is 24.8 Å². The van der Waals surface area contributed by atoms with E-state index in [4.69, 9.17) is 0 Å². The number of carbonyl (C=O) groups excluding carboxylic acids is 4. The number of nitrogens with one attached hydrogen (secondary N) is 3. The number of benzene rings is 2. The lowest BCUT2D eigenvalue weighted by molar-refractivity contribution is -0.136. The molecule has 3 heterocycles. The molecule has 1 saturated heterocycles. The number of fused-ring (bicyclic) bond motifs is 1. The average molecular weight is 513 g/mol. The summed E-state index contributed by atoms with van der Waals surface area (Å²) in [5, 5.41) is 8.14. The number of hydrogen-bond donors (Lipinski definition) is 3. The van der Waals surface area contributed by atoms with Gasteiger partial charge in [0.05, 0.1) is 5.54 Å². The van der Waals surface area contributed by atoms with Crippen molar-refractivity contribution in [1.82, 2.24) is 25.5 Å². The third-order valence-electron chi connectivity index (χ3n) is 6.93. The van der Waals surface area contributed by atoms with E-state index in [9.17, 15) is 19.2 Å². The SMILES string of the molecule is Cc1ncc(-c2ccc(C(C)(C)NC(=O)Nc3ccc4c(c3)CN(C3CCC(=O)NC3=O)C4=O)cc2)cn1. The van der Waals surface area contributed by atoms with Gasteiger partial charge in [0, 0.05) is 42.2 Å². The molecular weight excluding hydrogens is 484 g/mol. The van der Waals surface area contributed by atoms with Gasteiger partial charge in [0.2, 0.25) is 11.8 Å². The number of urea groups is 1. The Bertz CT molecular complexity index is 1430. The van der Waals surface area contributed by atoms with Crippen LogP contribution in [0.4, 0.5) is 10.5 Å². The largest absolute Gasteiger partial charge is 0.329 e. The molecule has 0 bridgehead atoms. The monoisotopic (exact) mass is 512 g/mol. The van der Waals surface area contributed by atoms with Gasteiger partial charge in [-0.3, -0.25) is 19.7 Å². The van der Waals surface area contributed by atoms with Gasteiger partial charge in [0.1, 0.15) is 11.9 Å². The molecule has 0 aliphatic carbocycles. The van der Waals surface area contributed by atoms with Gasteiger partial charge in [-0.2, -0.15) is 0 Å². The lowest BCUT2D eigenvalue weighted by Gasteiger charge is -2.29. The second-order valence-electron chi connectivity index (χ2n) is 10.1. The van der Waals surface area contributed by atoms with Crippen molar-refractivity contribution in [1.29, 1.82) is 0 Å². The second-order valence-corrected chi connectivity index (χ2v) is 10.1. The Hall–Kier alpha value is -4.60. The van der Waals surface area contributed by atoms with Gasteiger partial charge in [-0.1, -0.05) is 24.3 Å². The second kappa shape index (κ2) is 9.70. The van der Waals surface area contributed by atoms with E-state index >= 15 is 0 Å². The van der Waals surface area contributed by atoms with E-state index in [0.717, 1.165) is 16.7 Å². The third-order valence-corrected chi connectivity index (χ3v) is 6.93. The number of rotatable bonds is 5. The Kier molecular flexibility index (Phi) is 6.40. The van der Waals surface area contributed by atoms with Crippen molar-refractivity contribution in [2.45, 2.75) is 51.7 Å². The quantitative estimate of drug-likeness (QED) is 0.450. The number of nitrogens with zero attached hydrogens (tertiary/aromatic N) is 3. The highest BCUT2D eigenvalue weighted by Crippen LogP contribution is 2.30. The normalized spacial score (nSPS) is 17.2. The van der Waals surface area contributed by atoms with E-state index < -0.39 is 23.5 Å². The zero-order chi connectivity index (χ0) is 27.0. The van der Waals surface area contributed by atoms with Crippen LogP contribution in [0.15, 0.2) is 54.9 Å². The summed E-state index contributed by atoms with van der Waals surface area (Å²) in [6, 6.07) is 11.8. The maximum atomic E-state index is 12.9. The molecule has 10 heteroatoms. The zero-order valence-electron chi connectivity index (χ0n) is 21.4. The molecule has 2 aliphatic rings. The standard InChI is InChI=1S/C28H28N6O4/c1-16-29-13-19(14-30-16)17-4-6-20(7-5-17)28(2,3)33-27(38)31-21-8-9-22-18(12-21)15-34(26(22)37)23-10-11-24(35)32-25(23)36/h4-9,12-14,23H,10-11,15H2,1-3H3,(H2,31,33,38)(H,32,35,36). The van der Waals surface area contributed by atoms with Crippen molar-refractivity contribution in [3.05, 3.63) is 77.4 Å². The summed E-state index contributed by atoms with van der Waals surface area (Å²) in [5.74, 6) is -0.328. The van der Waals surface area contributed by atoms with Gasteiger partial charge in [-0.25, -0.2) is 14.8 Å². The predicted octanol–water partition coefficient (Wildman–Crippen LogP) is 3.27. The van der Waals surface area contributed by atoms with Crippen LogP contribution < -0.4 is 16.0 Å². The number of hydrogen-bond acceptors (Lipinski definition) is 6. The van der Waals surface area contributed by atoms with Crippen molar-refractivity contribution >= 4 is 29.4 Å². The summed E-state index contributed by atoms with van der Waals surface area (Å²) in [6.45, 7) is 5.90. The molecule has 2 aliphatic heterocycles. The number of piperidine rings is 1. The van der Waals surface area contributed by atoms with E-state index in [1.807, 2.05) is 45.0 Å². The summed E-state index contributed by atoms with van der Waals surface area (Å²) in [4.78, 5) is 59.4. The highest BCUT2D eigenvalue weighted by atomic mass is 16.2. The topological polar surface area (TPSA) is 133 Å². The molecule has 5 amide bonds. The first-order chi connectivity index (χ1) is 18.1. The van der Waals surface area contributed by atoms with Crippen molar-refractivity contribution in [3.8, 4) is 11.1 Å². The fourth-order valence-corrected chi connectivity index (χ4v) is 4.79. The smallest absolute Gasteiger partial charge is 0.319 e. The van der Waals surface area contributed by atoms with Crippen LogP contribution in [0.1, 0.15) is 54.0 Å². The van der Waals surface area contributed by atoms with Gasteiger partial charge >= 0.3 is 6.03 Å². The first-order valence-electron chi connectivity index (χ1n) is 12.4. The minimum absolute atomic E-state index is 0.197. The molecule has 3 aromatic rings. The fraction of sp³-hybridized carbons (Fsp3) is 0.286. The van der Waals surface area contributed by atoms with E-state index in [1.165, 1.54) is 4.90 Å². The third kappa shape index (κ3) is 4.97. The number of aryl methyl sites for hydroxylation is 1. The average Bonchev–Trinajstić information content (AvgIpc) is 3.19. The van der Waals surface area contributed by atoms with Crippen molar-refractivity contribution in [3.63, 3.8) is 0 Å². The maximum Gasteiger partial charge on any atom is 0.319 e. The van der Waals surface area contributed by atoms with Crippen LogP contribution in [0.2, 0.25) is 0 Å². The van der Waals surface area contributed by atoms with Gasteiger partial charge < -0.3 is 15.5 Å². The predicted molar refractivity (Wildman–Crippen MR) is 140 cm³/mol. The molecule has 1 unspecified atom stereocenters. The van der Waals surface area contributed by atoms with Gasteiger partial charge in [0.25, 0.3) is 5.91 Å². The molecule has 10 nitrogen and oxygen atoms in total. The number of anilines is 1. The Balaban J connectivity index is 1.23. The number of carbonyl (C=O) groups is 4. The summed E-state index contributed by atoms with van der Waals surface area (Å²) in [6.07, 6.45) is 4.06. The van der Waals surface area contributed by atoms with Gasteiger partial charge in [-0.15, -0.1) is 0 Å². The first-order valence-corrected chi connectivity index (χ1v) is 12.4. The highest BCUT2D eigenvalue weighted by Gasteiger charge is 2.39. The van der Waals surface area contributed by atoms with Crippen molar-refractivity contribution in [2.75, 3.05) is 5.32 Å². The molecule has 1 atom stereocenters. The number of amides is 5. The van der Waals surface area contributed by atoms with E-state index in [0.29, 0.717) is 29.1 Å². The molecule has 38 heavy (non-hydrogen) atoms. The molecule has 0 radical (unpaired) electrons. The summed E-state index contributed by atoms with van der Waals surface area (Å²) < 4.78 is 0. The van der Waals surface area contributed by atoms with Crippen LogP contribution in [-0.4, -0.2) is 44.7 Å². The van der Waals surface area contributed by atoms with Crippen LogP contribution in [0.5, 0.6) is 0 Å². The number of aromatic nitrogens is 2. The van der Waals surface area contributed by atoms with Crippen molar-refractivity contribution in [2.24, 2.45) is 0 Å². The molecule has 0 spiro atoms. The highest BCUT2D eigenvalue weighted by molar-refractivity contribution is 6.05. The van der Waals surface area contributed by atoms with Crippen molar-refractivity contribution < 1.29 is 19.2 Å². The van der Waals surface area contributed by atoms with Crippen LogP contribution in [0.25, 0.3) is 11.1 Å². The summed E-state index contributed by atoms with van der Waals surface area (Å²) in [7, 11) is 0. The molecule has 5 rings (SSSR count). The maximum absolute atomic E-state index is 12.9. The lowest BCUT2D eigenvalue weighted by Crippen LogP contribution is -2.52. The van der Waals surface area contributed by atoms with Gasteiger partial charge in [-0.05, 0) is 62.1 Å². The minimum Gasteiger partial charge on any atom is -0.329 e. The van der Waals surface area contributed by atoms with E-state index in [1.54, 1.807) is 30.6 Å². The molecule has 1 fully saturated rings. The van der Waals surface area contributed by atoms with Crippen LogP contribution in [0.3, 0.4) is 0 Å². The van der Waals surface area contributed by atoms with Crippen LogP contribution in [-0.2, 0) is 21.7 Å². The lowest BCUT2D eigenvalue weighted by atomic mass is 9.93. The Morgan fingerprint density at radius 2 is 1.74 bits per heavy atom. The molecule has 194 valence electrons. The Morgan fingerprint density at radius 3 is 2.42 bits per heavy atom. The fourth-order valence-electron chi connectivity index (χ4n) is 4.79. The van der Waals surface area contributed by atoms with E-state index in [2.05, 4.69) is 25.9 Å². The molecular formula is C28H28N6O4. The molecule has 3 N–H and O–H groups in total. The Labute approximate surface area is 219 Å². The molecule has 1 aromatic heterocycles. The summed E-state index contributed by atoms with van der Waals surface area (Å²) >= 11 is 0. The zero-order valence-corrected chi connectivity index (χ0v) is 21.4. The Morgan fingerprint density at radius 1 is 1.03 bits per heavy atom. The van der Waals surface area contributed by atoms with Gasteiger partial charge in [0.15, 0.2) is 0 Å². The number of imide groups is 1. The summed E-state index contributed by atoms with van der Waals surface area (Å²) in [5.41, 5.74) is 3.88.